The molecule has 20 heavy (non-hydrogen) atoms. The highest BCUT2D eigenvalue weighted by Crippen LogP contribution is 1.98. The lowest BCUT2D eigenvalue weighted by molar-refractivity contribution is -0.146. The van der Waals surface area contributed by atoms with E-state index >= 15 is 0 Å². The molecule has 0 aromatic rings. The molecule has 0 aliphatic rings. The molecule has 0 aliphatic carbocycles. The van der Waals surface area contributed by atoms with E-state index in [0.29, 0.717) is 0 Å². The third-order valence-corrected chi connectivity index (χ3v) is 2.14. The number of carbonyl (C=O) groups is 3. The number of hydrogen-bond donors (Lipinski definition) is 5. The van der Waals surface area contributed by atoms with Gasteiger partial charge in [-0.2, -0.15) is 0 Å². The van der Waals surface area contributed by atoms with E-state index in [1.54, 1.807) is 0 Å². The number of carboxylic acid groups (broad SMARTS) is 1. The average molecular weight is 289 g/mol. The first-order valence-electron chi connectivity index (χ1n) is 6.35. The minimum absolute atomic E-state index is 0.0352. The van der Waals surface area contributed by atoms with E-state index in [4.69, 9.17) is 10.2 Å². The highest BCUT2D eigenvalue weighted by Gasteiger charge is 2.14. The van der Waals surface area contributed by atoms with Crippen LogP contribution in [0.3, 0.4) is 0 Å². The van der Waals surface area contributed by atoms with Gasteiger partial charge in [0.2, 0.25) is 5.91 Å². The molecule has 1 unspecified atom stereocenters. The number of aliphatic hydroxyl groups is 1. The van der Waals surface area contributed by atoms with Crippen LogP contribution in [0, 0.1) is 0 Å². The predicted octanol–water partition coefficient (Wildman–Crippen LogP) is -0.574. The molecule has 5 N–H and O–H groups in total. The van der Waals surface area contributed by atoms with E-state index in [-0.39, 0.29) is 37.4 Å². The zero-order chi connectivity index (χ0) is 15.8. The van der Waals surface area contributed by atoms with Gasteiger partial charge in [0, 0.05) is 31.5 Å². The number of hydrogen-bond acceptors (Lipinski definition) is 4. The van der Waals surface area contributed by atoms with Crippen LogP contribution in [-0.4, -0.2) is 52.9 Å². The molecule has 3 amide bonds. The van der Waals surface area contributed by atoms with Gasteiger partial charge in [0.1, 0.15) is 0 Å². The molecule has 0 saturated heterocycles. The number of aliphatic hydroxyl groups excluding tert-OH is 1. The molecule has 0 fully saturated rings. The number of carbonyl (C=O) groups excluding carboxylic acids is 2. The maximum atomic E-state index is 11.4. The lowest BCUT2D eigenvalue weighted by Crippen LogP contribution is -2.43. The van der Waals surface area contributed by atoms with E-state index in [1.165, 1.54) is 0 Å². The molecule has 1 atom stereocenters. The van der Waals surface area contributed by atoms with Crippen LogP contribution in [0.5, 0.6) is 0 Å². The maximum Gasteiger partial charge on any atom is 0.332 e. The van der Waals surface area contributed by atoms with Crippen molar-refractivity contribution in [3.05, 3.63) is 0 Å². The minimum Gasteiger partial charge on any atom is -0.479 e. The van der Waals surface area contributed by atoms with Crippen molar-refractivity contribution in [2.24, 2.45) is 0 Å². The second-order valence-corrected chi connectivity index (χ2v) is 5.37. The first-order chi connectivity index (χ1) is 9.11. The van der Waals surface area contributed by atoms with Gasteiger partial charge in [-0.1, -0.05) is 0 Å². The van der Waals surface area contributed by atoms with Crippen LogP contribution in [0.1, 0.15) is 33.6 Å². The number of amides is 3. The second-order valence-electron chi connectivity index (χ2n) is 5.37. The van der Waals surface area contributed by atoms with Crippen LogP contribution >= 0.6 is 0 Å². The Morgan fingerprint density at radius 2 is 1.65 bits per heavy atom. The molecule has 0 saturated carbocycles. The third kappa shape index (κ3) is 10.1. The van der Waals surface area contributed by atoms with Gasteiger partial charge < -0.3 is 26.2 Å². The van der Waals surface area contributed by atoms with Gasteiger partial charge in [-0.05, 0) is 20.8 Å². The van der Waals surface area contributed by atoms with Gasteiger partial charge in [-0.3, -0.25) is 4.79 Å². The fraction of sp³-hybridized carbons (Fsp3) is 0.750. The smallest absolute Gasteiger partial charge is 0.332 e. The van der Waals surface area contributed by atoms with Crippen molar-refractivity contribution in [2.45, 2.75) is 45.3 Å². The van der Waals surface area contributed by atoms with Gasteiger partial charge in [0.05, 0.1) is 0 Å². The fourth-order valence-corrected chi connectivity index (χ4v) is 1.28. The van der Waals surface area contributed by atoms with Crippen LogP contribution in [0.25, 0.3) is 0 Å². The Kier molecular flexibility index (Phi) is 7.60. The van der Waals surface area contributed by atoms with Crippen molar-refractivity contribution in [3.63, 3.8) is 0 Å². The monoisotopic (exact) mass is 289 g/mol. The molecule has 0 aliphatic heterocycles. The summed E-state index contributed by atoms with van der Waals surface area (Å²) in [6, 6.07) is -0.508. The van der Waals surface area contributed by atoms with E-state index in [0.717, 1.165) is 0 Å². The zero-order valence-electron chi connectivity index (χ0n) is 12.0. The number of nitrogens with one attached hydrogen (secondary N) is 3. The predicted molar refractivity (Wildman–Crippen MR) is 72.2 cm³/mol. The third-order valence-electron chi connectivity index (χ3n) is 2.14. The molecule has 116 valence electrons. The fourth-order valence-electron chi connectivity index (χ4n) is 1.28. The summed E-state index contributed by atoms with van der Waals surface area (Å²) in [5.74, 6) is -1.50. The van der Waals surface area contributed by atoms with Crippen molar-refractivity contribution in [1.82, 2.24) is 16.0 Å². The second kappa shape index (κ2) is 8.36. The van der Waals surface area contributed by atoms with Gasteiger partial charge in [-0.15, -0.1) is 0 Å². The Labute approximate surface area is 117 Å². The van der Waals surface area contributed by atoms with E-state index in [1.807, 2.05) is 20.8 Å². The van der Waals surface area contributed by atoms with Crippen LogP contribution in [-0.2, 0) is 9.59 Å². The van der Waals surface area contributed by atoms with E-state index in [9.17, 15) is 14.4 Å². The summed E-state index contributed by atoms with van der Waals surface area (Å²) in [5.41, 5.74) is -0.313. The van der Waals surface area contributed by atoms with Crippen molar-refractivity contribution >= 4 is 17.9 Å². The molecule has 0 aromatic carbocycles. The molecule has 0 bridgehead atoms. The zero-order valence-corrected chi connectivity index (χ0v) is 12.0. The van der Waals surface area contributed by atoms with Crippen LogP contribution in [0.2, 0.25) is 0 Å². The summed E-state index contributed by atoms with van der Waals surface area (Å²) < 4.78 is 0. The molecule has 0 radical (unpaired) electrons. The normalized spacial score (nSPS) is 12.4. The molecule has 8 heteroatoms. The van der Waals surface area contributed by atoms with E-state index < -0.39 is 18.1 Å². The maximum absolute atomic E-state index is 11.4. The molecule has 0 spiro atoms. The molecule has 0 aromatic heterocycles. The lowest BCUT2D eigenvalue weighted by Gasteiger charge is -2.20. The first-order valence-corrected chi connectivity index (χ1v) is 6.35. The van der Waals surface area contributed by atoms with Gasteiger partial charge in [-0.25, -0.2) is 9.59 Å². The topological polar surface area (TPSA) is 128 Å². The Hall–Kier alpha value is -1.83. The summed E-state index contributed by atoms with van der Waals surface area (Å²) in [6.07, 6.45) is -1.41. The summed E-state index contributed by atoms with van der Waals surface area (Å²) >= 11 is 0. The SMILES string of the molecule is CC(C)(C)NC(=O)CCNC(=O)NCCC(O)C(=O)O. The van der Waals surface area contributed by atoms with Crippen molar-refractivity contribution in [1.29, 1.82) is 0 Å². The number of urea groups is 1. The highest BCUT2D eigenvalue weighted by atomic mass is 16.4. The summed E-state index contributed by atoms with van der Waals surface area (Å²) in [6.45, 7) is 5.79. The summed E-state index contributed by atoms with van der Waals surface area (Å²) in [7, 11) is 0. The molecule has 0 heterocycles. The quantitative estimate of drug-likeness (QED) is 0.428. The Bertz CT molecular complexity index is 351. The Morgan fingerprint density at radius 1 is 1.10 bits per heavy atom. The van der Waals surface area contributed by atoms with Crippen molar-refractivity contribution in [2.75, 3.05) is 13.1 Å². The van der Waals surface area contributed by atoms with Crippen LogP contribution in [0.15, 0.2) is 0 Å². The largest absolute Gasteiger partial charge is 0.479 e. The standard InChI is InChI=1S/C12H23N3O5/c1-12(2,3)15-9(17)5-7-14-11(20)13-6-4-8(16)10(18)19/h8,16H,4-7H2,1-3H3,(H,15,17)(H,18,19)(H2,13,14,20). The summed E-state index contributed by atoms with van der Waals surface area (Å²) in [5, 5.41) is 25.0. The number of aliphatic carboxylic acids is 1. The first kappa shape index (κ1) is 18.2. The van der Waals surface area contributed by atoms with E-state index in [2.05, 4.69) is 16.0 Å². The van der Waals surface area contributed by atoms with Gasteiger partial charge >= 0.3 is 12.0 Å². The molecular formula is C12H23N3O5. The lowest BCUT2D eigenvalue weighted by atomic mass is 10.1. The number of carboxylic acids is 1. The Balaban J connectivity index is 3.69. The van der Waals surface area contributed by atoms with Gasteiger partial charge in [0.25, 0.3) is 0 Å². The minimum atomic E-state index is -1.49. The van der Waals surface area contributed by atoms with Gasteiger partial charge in [0.15, 0.2) is 6.10 Å². The Morgan fingerprint density at radius 3 is 2.15 bits per heavy atom. The van der Waals surface area contributed by atoms with Crippen LogP contribution < -0.4 is 16.0 Å². The van der Waals surface area contributed by atoms with Crippen LogP contribution in [0.4, 0.5) is 4.79 Å². The highest BCUT2D eigenvalue weighted by molar-refractivity contribution is 5.78. The van der Waals surface area contributed by atoms with Crippen molar-refractivity contribution < 1.29 is 24.6 Å². The molecule has 0 rings (SSSR count). The molecular weight excluding hydrogens is 266 g/mol. The average Bonchev–Trinajstić information content (AvgIpc) is 2.26. The summed E-state index contributed by atoms with van der Waals surface area (Å²) in [4.78, 5) is 33.0. The van der Waals surface area contributed by atoms with Crippen molar-refractivity contribution in [3.8, 4) is 0 Å². The number of rotatable bonds is 7. The molecule has 8 nitrogen and oxygen atoms in total.